The van der Waals surface area contributed by atoms with Crippen LogP contribution < -0.4 is 9.62 Å². The van der Waals surface area contributed by atoms with Gasteiger partial charge in [0.1, 0.15) is 0 Å². The summed E-state index contributed by atoms with van der Waals surface area (Å²) < 4.78 is 27.5. The van der Waals surface area contributed by atoms with Crippen molar-refractivity contribution in [3.63, 3.8) is 0 Å². The van der Waals surface area contributed by atoms with Crippen molar-refractivity contribution in [2.75, 3.05) is 23.2 Å². The molecule has 3 rings (SSSR count). The molecule has 0 radical (unpaired) electrons. The number of anilines is 2. The Morgan fingerprint density at radius 1 is 1.13 bits per heavy atom. The van der Waals surface area contributed by atoms with E-state index in [1.807, 2.05) is 19.2 Å². The van der Waals surface area contributed by atoms with Crippen LogP contribution in [0.4, 0.5) is 11.4 Å². The Hall–Kier alpha value is -2.34. The summed E-state index contributed by atoms with van der Waals surface area (Å²) in [6.07, 6.45) is 0.978. The molecule has 2 aromatic carbocycles. The SMILES string of the molecule is CC(=O)c1ccc(S(=O)(=O)Nc2ccc3c(c2)N(C)CC3)cc1. The first-order valence-corrected chi connectivity index (χ1v) is 8.83. The molecule has 1 aliphatic heterocycles. The highest BCUT2D eigenvalue weighted by Gasteiger charge is 2.19. The number of Topliss-reactive ketones (excluding diaryl/α,β-unsaturated/α-hetero) is 1. The summed E-state index contributed by atoms with van der Waals surface area (Å²) >= 11 is 0. The summed E-state index contributed by atoms with van der Waals surface area (Å²) in [4.78, 5) is 13.5. The van der Waals surface area contributed by atoms with Gasteiger partial charge in [0.25, 0.3) is 10.0 Å². The van der Waals surface area contributed by atoms with E-state index in [-0.39, 0.29) is 10.7 Å². The van der Waals surface area contributed by atoms with Crippen LogP contribution in [0.3, 0.4) is 0 Å². The van der Waals surface area contributed by atoms with Crippen molar-refractivity contribution < 1.29 is 13.2 Å². The Morgan fingerprint density at radius 2 is 1.83 bits per heavy atom. The smallest absolute Gasteiger partial charge is 0.261 e. The number of benzene rings is 2. The van der Waals surface area contributed by atoms with Crippen molar-refractivity contribution in [3.8, 4) is 0 Å². The lowest BCUT2D eigenvalue weighted by atomic mass is 10.1. The van der Waals surface area contributed by atoms with Gasteiger partial charge in [-0.1, -0.05) is 18.2 Å². The monoisotopic (exact) mass is 330 g/mol. The van der Waals surface area contributed by atoms with E-state index in [1.54, 1.807) is 6.07 Å². The quantitative estimate of drug-likeness (QED) is 0.875. The van der Waals surface area contributed by atoms with Gasteiger partial charge in [0.15, 0.2) is 5.78 Å². The highest BCUT2D eigenvalue weighted by molar-refractivity contribution is 7.92. The highest BCUT2D eigenvalue weighted by Crippen LogP contribution is 2.30. The van der Waals surface area contributed by atoms with Crippen molar-refractivity contribution in [1.29, 1.82) is 0 Å². The fourth-order valence-electron chi connectivity index (χ4n) is 2.69. The number of carbonyl (C=O) groups is 1. The molecular formula is C17H18N2O3S. The fraction of sp³-hybridized carbons (Fsp3) is 0.235. The standard InChI is InChI=1S/C17H18N2O3S/c1-12(20)13-4-7-16(8-5-13)23(21,22)18-15-6-3-14-9-10-19(2)17(14)11-15/h3-8,11,18H,9-10H2,1-2H3. The first-order chi connectivity index (χ1) is 10.9. The molecule has 0 fully saturated rings. The number of ketones is 1. The number of rotatable bonds is 4. The predicted molar refractivity (Wildman–Crippen MR) is 90.7 cm³/mol. The number of fused-ring (bicyclic) bond motifs is 1. The Balaban J connectivity index is 1.86. The summed E-state index contributed by atoms with van der Waals surface area (Å²) in [5.74, 6) is -0.0939. The van der Waals surface area contributed by atoms with Gasteiger partial charge in [0, 0.05) is 24.8 Å². The number of nitrogens with zero attached hydrogens (tertiary/aromatic N) is 1. The van der Waals surface area contributed by atoms with Gasteiger partial charge in [0.05, 0.1) is 10.6 Å². The van der Waals surface area contributed by atoms with Crippen LogP contribution in [0.5, 0.6) is 0 Å². The van der Waals surface area contributed by atoms with E-state index in [0.29, 0.717) is 11.3 Å². The van der Waals surface area contributed by atoms with Crippen LogP contribution in [-0.2, 0) is 16.4 Å². The second-order valence-corrected chi connectivity index (χ2v) is 7.38. The van der Waals surface area contributed by atoms with E-state index in [1.165, 1.54) is 36.8 Å². The third-order valence-electron chi connectivity index (χ3n) is 4.04. The van der Waals surface area contributed by atoms with Crippen molar-refractivity contribution >= 4 is 27.2 Å². The molecule has 120 valence electrons. The Bertz CT molecular complexity index is 858. The van der Waals surface area contributed by atoms with Gasteiger partial charge in [-0.05, 0) is 43.2 Å². The molecule has 0 saturated heterocycles. The third-order valence-corrected chi connectivity index (χ3v) is 5.43. The van der Waals surface area contributed by atoms with Crippen molar-refractivity contribution in [1.82, 2.24) is 0 Å². The summed E-state index contributed by atoms with van der Waals surface area (Å²) in [5.41, 5.74) is 3.30. The molecule has 2 aromatic rings. The zero-order valence-electron chi connectivity index (χ0n) is 13.0. The Labute approximate surface area is 136 Å². The predicted octanol–water partition coefficient (Wildman–Crippen LogP) is 2.68. The van der Waals surface area contributed by atoms with E-state index >= 15 is 0 Å². The van der Waals surface area contributed by atoms with E-state index < -0.39 is 10.0 Å². The van der Waals surface area contributed by atoms with Gasteiger partial charge in [0.2, 0.25) is 0 Å². The lowest BCUT2D eigenvalue weighted by Gasteiger charge is -2.14. The van der Waals surface area contributed by atoms with Crippen molar-refractivity contribution in [2.45, 2.75) is 18.2 Å². The van der Waals surface area contributed by atoms with Gasteiger partial charge in [-0.25, -0.2) is 8.42 Å². The molecule has 0 saturated carbocycles. The number of sulfonamides is 1. The van der Waals surface area contributed by atoms with Crippen LogP contribution in [0.15, 0.2) is 47.4 Å². The number of likely N-dealkylation sites (N-methyl/N-ethyl adjacent to an activating group) is 1. The van der Waals surface area contributed by atoms with E-state index in [4.69, 9.17) is 0 Å². The molecule has 1 heterocycles. The maximum atomic E-state index is 12.5. The summed E-state index contributed by atoms with van der Waals surface area (Å²) in [7, 11) is -1.68. The molecular weight excluding hydrogens is 312 g/mol. The minimum absolute atomic E-state index is 0.0939. The van der Waals surface area contributed by atoms with Crippen LogP contribution in [0.1, 0.15) is 22.8 Å². The number of hydrogen-bond donors (Lipinski definition) is 1. The first kappa shape index (κ1) is 15.6. The molecule has 0 aromatic heterocycles. The molecule has 0 unspecified atom stereocenters. The lowest BCUT2D eigenvalue weighted by molar-refractivity contribution is 0.101. The molecule has 0 atom stereocenters. The molecule has 1 N–H and O–H groups in total. The molecule has 1 aliphatic rings. The van der Waals surface area contributed by atoms with Gasteiger partial charge >= 0.3 is 0 Å². The van der Waals surface area contributed by atoms with Gasteiger partial charge < -0.3 is 4.90 Å². The second kappa shape index (κ2) is 5.70. The molecule has 5 nitrogen and oxygen atoms in total. The average Bonchev–Trinajstić information content (AvgIpc) is 2.88. The minimum atomic E-state index is -3.67. The molecule has 0 bridgehead atoms. The van der Waals surface area contributed by atoms with Gasteiger partial charge in [-0.2, -0.15) is 0 Å². The molecule has 0 spiro atoms. The average molecular weight is 330 g/mol. The second-order valence-electron chi connectivity index (χ2n) is 5.70. The summed E-state index contributed by atoms with van der Waals surface area (Å²) in [5, 5.41) is 0. The Morgan fingerprint density at radius 3 is 2.48 bits per heavy atom. The third kappa shape index (κ3) is 3.07. The van der Waals surface area contributed by atoms with Crippen LogP contribution in [0.2, 0.25) is 0 Å². The zero-order valence-corrected chi connectivity index (χ0v) is 13.9. The van der Waals surface area contributed by atoms with Crippen LogP contribution in [-0.4, -0.2) is 27.8 Å². The van der Waals surface area contributed by atoms with E-state index in [9.17, 15) is 13.2 Å². The van der Waals surface area contributed by atoms with Crippen LogP contribution in [0.25, 0.3) is 0 Å². The molecule has 23 heavy (non-hydrogen) atoms. The van der Waals surface area contributed by atoms with Crippen LogP contribution >= 0.6 is 0 Å². The highest BCUT2D eigenvalue weighted by atomic mass is 32.2. The van der Waals surface area contributed by atoms with Crippen molar-refractivity contribution in [2.24, 2.45) is 0 Å². The topological polar surface area (TPSA) is 66.5 Å². The summed E-state index contributed by atoms with van der Waals surface area (Å²) in [6.45, 7) is 2.39. The molecule has 0 aliphatic carbocycles. The normalized spacial score (nSPS) is 13.7. The Kier molecular flexibility index (Phi) is 3.85. The lowest BCUT2D eigenvalue weighted by Crippen LogP contribution is -2.15. The van der Waals surface area contributed by atoms with E-state index in [2.05, 4.69) is 9.62 Å². The maximum Gasteiger partial charge on any atom is 0.261 e. The maximum absolute atomic E-state index is 12.5. The fourth-order valence-corrected chi connectivity index (χ4v) is 3.74. The molecule has 0 amide bonds. The van der Waals surface area contributed by atoms with Gasteiger partial charge in [-0.15, -0.1) is 0 Å². The number of nitrogens with one attached hydrogen (secondary N) is 1. The summed E-state index contributed by atoms with van der Waals surface area (Å²) in [6, 6.07) is 11.5. The minimum Gasteiger partial charge on any atom is -0.374 e. The largest absolute Gasteiger partial charge is 0.374 e. The van der Waals surface area contributed by atoms with Crippen molar-refractivity contribution in [3.05, 3.63) is 53.6 Å². The van der Waals surface area contributed by atoms with Crippen LogP contribution in [0, 0.1) is 0 Å². The molecule has 6 heteroatoms. The first-order valence-electron chi connectivity index (χ1n) is 7.35. The van der Waals surface area contributed by atoms with Gasteiger partial charge in [-0.3, -0.25) is 9.52 Å². The van der Waals surface area contributed by atoms with E-state index in [0.717, 1.165) is 18.7 Å². The zero-order chi connectivity index (χ0) is 16.6. The number of hydrogen-bond acceptors (Lipinski definition) is 4. The number of carbonyl (C=O) groups excluding carboxylic acids is 1.